The van der Waals surface area contributed by atoms with Gasteiger partial charge >= 0.3 is 228 Å². The van der Waals surface area contributed by atoms with Crippen LogP contribution < -0.4 is 30.5 Å². The molecule has 3 heterocycles. The first-order valence-electron chi connectivity index (χ1n) is 12.7. The Labute approximate surface area is 227 Å². The topological polar surface area (TPSA) is 36.3 Å². The number of nitriles is 1. The molecule has 1 aliphatic carbocycles. The molecule has 8 rings (SSSR count). The van der Waals surface area contributed by atoms with Crippen molar-refractivity contribution < 1.29 is 4.74 Å². The molecule has 176 valence electrons. The predicted molar refractivity (Wildman–Crippen MR) is 152 cm³/mol. The van der Waals surface area contributed by atoms with Gasteiger partial charge in [0.1, 0.15) is 0 Å². The molecular weight excluding hydrogens is 538 g/mol. The molecule has 0 radical (unpaired) electrons. The number of ether oxygens (including phenoxy) is 1. The van der Waals surface area contributed by atoms with E-state index < -0.39 is 0 Å². The average molecular weight is 559 g/mol. The summed E-state index contributed by atoms with van der Waals surface area (Å²) in [5.74, 6) is 1.70. The van der Waals surface area contributed by atoms with Crippen LogP contribution in [0.15, 0.2) is 98.8 Å². The monoisotopic (exact) mass is 560 g/mol. The van der Waals surface area contributed by atoms with Gasteiger partial charge in [0.2, 0.25) is 0 Å². The standard InChI is InChI=1S/C31H21BN2OSSe/c33-18-19-15-26-31-28(16-19)36-27-10-4-1-7-22(27)32(31)21-14-13-20(17-25(21)35-26)34-23-8-2-5-11-29(23)37-30-12-6-3-9-24(30)34/h1-2,4-5,7-8,10-11,13-17H,3,6,9,12H2. The van der Waals surface area contributed by atoms with E-state index in [1.54, 1.807) is 16.2 Å². The van der Waals surface area contributed by atoms with E-state index in [-0.39, 0.29) is 6.71 Å². The Morgan fingerprint density at radius 1 is 0.865 bits per heavy atom. The zero-order valence-corrected chi connectivity index (χ0v) is 22.6. The molecule has 0 fully saturated rings. The number of benzene rings is 4. The first-order valence-corrected chi connectivity index (χ1v) is 15.3. The van der Waals surface area contributed by atoms with Gasteiger partial charge in [-0.15, -0.1) is 0 Å². The minimum absolute atomic E-state index is 0.106. The van der Waals surface area contributed by atoms with Gasteiger partial charge in [0, 0.05) is 0 Å². The van der Waals surface area contributed by atoms with Crippen molar-refractivity contribution in [2.45, 2.75) is 35.5 Å². The molecule has 37 heavy (non-hydrogen) atoms. The third kappa shape index (κ3) is 3.28. The number of fused-ring (bicyclic) bond motifs is 5. The molecular formula is C31H21BN2OSSe. The third-order valence-corrected chi connectivity index (χ3v) is 11.5. The van der Waals surface area contributed by atoms with E-state index in [0.29, 0.717) is 20.5 Å². The van der Waals surface area contributed by atoms with Gasteiger partial charge in [-0.25, -0.2) is 0 Å². The minimum atomic E-state index is 0.106. The van der Waals surface area contributed by atoms with Crippen LogP contribution in [0.25, 0.3) is 0 Å². The van der Waals surface area contributed by atoms with Crippen LogP contribution in [0.1, 0.15) is 31.2 Å². The van der Waals surface area contributed by atoms with Crippen LogP contribution in [0, 0.1) is 11.3 Å². The van der Waals surface area contributed by atoms with Crippen LogP contribution in [0.2, 0.25) is 0 Å². The van der Waals surface area contributed by atoms with E-state index in [9.17, 15) is 5.26 Å². The molecule has 0 saturated heterocycles. The van der Waals surface area contributed by atoms with E-state index in [0.717, 1.165) is 28.5 Å². The van der Waals surface area contributed by atoms with E-state index >= 15 is 0 Å². The van der Waals surface area contributed by atoms with Crippen LogP contribution in [0.4, 0.5) is 11.4 Å². The number of hydrogen-bond donors (Lipinski definition) is 0. The van der Waals surface area contributed by atoms with Gasteiger partial charge in [-0.05, 0) is 0 Å². The van der Waals surface area contributed by atoms with Gasteiger partial charge in [0.05, 0.1) is 0 Å². The van der Waals surface area contributed by atoms with Crippen molar-refractivity contribution >= 4 is 65.7 Å². The molecule has 4 aliphatic rings. The van der Waals surface area contributed by atoms with E-state index in [1.165, 1.54) is 56.4 Å². The van der Waals surface area contributed by atoms with Crippen LogP contribution in [-0.2, 0) is 0 Å². The van der Waals surface area contributed by atoms with Gasteiger partial charge < -0.3 is 0 Å². The Kier molecular flexibility index (Phi) is 4.89. The molecule has 0 unspecified atom stereocenters. The Balaban J connectivity index is 1.32. The summed E-state index contributed by atoms with van der Waals surface area (Å²) in [6.07, 6.45) is 4.89. The number of rotatable bonds is 1. The molecule has 0 saturated carbocycles. The van der Waals surface area contributed by atoms with Crippen LogP contribution in [0.5, 0.6) is 11.5 Å². The molecule has 4 aromatic rings. The summed E-state index contributed by atoms with van der Waals surface area (Å²) in [6, 6.07) is 30.6. The van der Waals surface area contributed by atoms with Crippen LogP contribution >= 0.6 is 11.8 Å². The third-order valence-electron chi connectivity index (χ3n) is 7.76. The molecule has 0 amide bonds. The fourth-order valence-corrected chi connectivity index (χ4v) is 9.93. The number of nitrogens with zero attached hydrogens (tertiary/aromatic N) is 2. The fourth-order valence-electron chi connectivity index (χ4n) is 6.14. The predicted octanol–water partition coefficient (Wildman–Crippen LogP) is 4.91. The molecule has 0 bridgehead atoms. The number of allylic oxidation sites excluding steroid dienone is 2. The number of anilines is 2. The summed E-state index contributed by atoms with van der Waals surface area (Å²) in [5, 5.41) is 9.73. The van der Waals surface area contributed by atoms with Crippen molar-refractivity contribution in [1.82, 2.24) is 0 Å². The van der Waals surface area contributed by atoms with E-state index in [2.05, 4.69) is 77.7 Å². The summed E-state index contributed by atoms with van der Waals surface area (Å²) in [5.41, 5.74) is 8.31. The van der Waals surface area contributed by atoms with Crippen molar-refractivity contribution in [2.75, 3.05) is 4.90 Å². The Hall–Kier alpha value is -3.36. The molecule has 0 atom stereocenters. The average Bonchev–Trinajstić information content (AvgIpc) is 2.95. The first kappa shape index (κ1) is 21.7. The first-order chi connectivity index (χ1) is 18.3. The van der Waals surface area contributed by atoms with Gasteiger partial charge in [-0.3, -0.25) is 0 Å². The second-order valence-corrected chi connectivity index (χ2v) is 13.3. The second kappa shape index (κ2) is 8.33. The van der Waals surface area contributed by atoms with Crippen LogP contribution in [0.3, 0.4) is 0 Å². The van der Waals surface area contributed by atoms with Crippen molar-refractivity contribution in [2.24, 2.45) is 0 Å². The summed E-state index contributed by atoms with van der Waals surface area (Å²) in [4.78, 5) is 4.87. The van der Waals surface area contributed by atoms with Gasteiger partial charge in [-0.1, -0.05) is 0 Å². The number of hydrogen-bond acceptors (Lipinski definition) is 4. The van der Waals surface area contributed by atoms with Crippen LogP contribution in [-0.4, -0.2) is 21.7 Å². The van der Waals surface area contributed by atoms with Gasteiger partial charge in [0.25, 0.3) is 0 Å². The normalized spacial score (nSPS) is 16.5. The molecule has 6 heteroatoms. The molecule has 0 spiro atoms. The summed E-state index contributed by atoms with van der Waals surface area (Å²) in [6.45, 7) is 0.106. The summed E-state index contributed by atoms with van der Waals surface area (Å²) in [7, 11) is 0. The number of para-hydroxylation sites is 1. The Morgan fingerprint density at radius 2 is 1.73 bits per heavy atom. The van der Waals surface area contributed by atoms with Crippen molar-refractivity contribution in [3.8, 4) is 17.6 Å². The quantitative estimate of drug-likeness (QED) is 0.269. The molecule has 0 N–H and O–H groups in total. The molecule has 3 aliphatic heterocycles. The van der Waals surface area contributed by atoms with Crippen molar-refractivity contribution in [3.05, 3.63) is 94.6 Å². The zero-order valence-electron chi connectivity index (χ0n) is 20.0. The molecule has 0 aromatic heterocycles. The second-order valence-electron chi connectivity index (χ2n) is 9.88. The van der Waals surface area contributed by atoms with Gasteiger partial charge in [-0.2, -0.15) is 0 Å². The molecule has 4 aromatic carbocycles. The van der Waals surface area contributed by atoms with Gasteiger partial charge in [0.15, 0.2) is 0 Å². The Morgan fingerprint density at radius 3 is 2.68 bits per heavy atom. The van der Waals surface area contributed by atoms with Crippen molar-refractivity contribution in [3.63, 3.8) is 0 Å². The summed E-state index contributed by atoms with van der Waals surface area (Å²) >= 11 is 2.14. The fraction of sp³-hybridized carbons (Fsp3) is 0.129. The maximum atomic E-state index is 9.73. The SMILES string of the molecule is N#Cc1cc2c3c(c1)Sc1ccccc1B3c1ccc(N3C4=C(CCCC4)[Se]c4ccccc43)cc1O2. The van der Waals surface area contributed by atoms with Crippen molar-refractivity contribution in [1.29, 1.82) is 5.26 Å². The maximum absolute atomic E-state index is 9.73. The summed E-state index contributed by atoms with van der Waals surface area (Å²) < 4.78 is 9.74. The molecule has 3 nitrogen and oxygen atoms in total. The van der Waals surface area contributed by atoms with E-state index in [1.807, 2.05) is 12.1 Å². The zero-order chi connectivity index (χ0) is 24.5. The Bertz CT molecular complexity index is 1710. The van der Waals surface area contributed by atoms with E-state index in [4.69, 9.17) is 4.74 Å².